The fraction of sp³-hybridized carbons (Fsp3) is 0.400. The summed E-state index contributed by atoms with van der Waals surface area (Å²) in [7, 11) is 0. The summed E-state index contributed by atoms with van der Waals surface area (Å²) in [4.78, 5) is 34.0. The minimum absolute atomic E-state index is 0.0269. The van der Waals surface area contributed by atoms with Crippen LogP contribution >= 0.6 is 11.8 Å². The van der Waals surface area contributed by atoms with Crippen molar-refractivity contribution in [3.05, 3.63) is 35.9 Å². The molecule has 0 radical (unpaired) electrons. The van der Waals surface area contributed by atoms with Gasteiger partial charge in [-0.3, -0.25) is 14.4 Å². The van der Waals surface area contributed by atoms with Crippen molar-refractivity contribution in [3.8, 4) is 0 Å². The van der Waals surface area contributed by atoms with Crippen LogP contribution in [0.4, 0.5) is 0 Å². The molecule has 0 aliphatic heterocycles. The van der Waals surface area contributed by atoms with E-state index >= 15 is 0 Å². The van der Waals surface area contributed by atoms with Crippen LogP contribution in [0, 0.1) is 5.92 Å². The quantitative estimate of drug-likeness (QED) is 0.764. The Morgan fingerprint density at radius 2 is 1.90 bits per heavy atom. The number of hydrogen-bond acceptors (Lipinski definition) is 4. The van der Waals surface area contributed by atoms with Crippen molar-refractivity contribution in [3.63, 3.8) is 0 Å². The molecule has 114 valence electrons. The third-order valence-corrected chi connectivity index (χ3v) is 4.02. The molecule has 2 N–H and O–H groups in total. The lowest BCUT2D eigenvalue weighted by Crippen LogP contribution is -2.36. The van der Waals surface area contributed by atoms with Crippen LogP contribution in [-0.4, -0.2) is 34.4 Å². The molecular formula is C15H19NO4S. The minimum atomic E-state index is -1.08. The second-order valence-electron chi connectivity index (χ2n) is 4.53. The van der Waals surface area contributed by atoms with E-state index in [0.29, 0.717) is 18.6 Å². The van der Waals surface area contributed by atoms with Crippen molar-refractivity contribution in [2.24, 2.45) is 5.92 Å². The highest BCUT2D eigenvalue weighted by Gasteiger charge is 2.20. The Labute approximate surface area is 128 Å². The van der Waals surface area contributed by atoms with Crippen LogP contribution in [0.3, 0.4) is 0 Å². The number of aliphatic carboxylic acids is 1. The Bertz CT molecular complexity index is 490. The molecule has 1 rings (SSSR count). The van der Waals surface area contributed by atoms with Gasteiger partial charge >= 0.3 is 5.97 Å². The molecule has 0 saturated heterocycles. The lowest BCUT2D eigenvalue weighted by Gasteiger charge is -2.15. The second-order valence-corrected chi connectivity index (χ2v) is 5.61. The van der Waals surface area contributed by atoms with E-state index in [9.17, 15) is 14.4 Å². The maximum atomic E-state index is 12.1. The Morgan fingerprint density at radius 3 is 2.48 bits per heavy atom. The second kappa shape index (κ2) is 9.18. The van der Waals surface area contributed by atoms with Crippen molar-refractivity contribution in [1.82, 2.24) is 5.32 Å². The van der Waals surface area contributed by atoms with Gasteiger partial charge in [0.1, 0.15) is 6.54 Å². The van der Waals surface area contributed by atoms with E-state index in [1.54, 1.807) is 6.92 Å². The van der Waals surface area contributed by atoms with E-state index in [2.05, 4.69) is 5.32 Å². The first-order valence-electron chi connectivity index (χ1n) is 6.72. The maximum absolute atomic E-state index is 12.1. The van der Waals surface area contributed by atoms with Crippen molar-refractivity contribution in [2.75, 3.05) is 12.3 Å². The molecule has 0 saturated carbocycles. The van der Waals surface area contributed by atoms with Crippen LogP contribution in [0.15, 0.2) is 30.3 Å². The zero-order valence-corrected chi connectivity index (χ0v) is 12.7. The number of carboxylic acid groups (broad SMARTS) is 1. The molecule has 0 heterocycles. The van der Waals surface area contributed by atoms with Crippen LogP contribution in [-0.2, 0) is 20.8 Å². The van der Waals surface area contributed by atoms with E-state index in [1.807, 2.05) is 30.3 Å². The van der Waals surface area contributed by atoms with Gasteiger partial charge in [-0.15, -0.1) is 0 Å². The SMILES string of the molecule is CCC(=O)SC[C@@H](Cc1ccccc1)C(=O)NCC(=O)O. The van der Waals surface area contributed by atoms with Gasteiger partial charge in [0.05, 0.1) is 5.92 Å². The van der Waals surface area contributed by atoms with Gasteiger partial charge in [-0.25, -0.2) is 0 Å². The van der Waals surface area contributed by atoms with E-state index in [1.165, 1.54) is 0 Å². The summed E-state index contributed by atoms with van der Waals surface area (Å²) >= 11 is 1.12. The smallest absolute Gasteiger partial charge is 0.322 e. The van der Waals surface area contributed by atoms with Crippen LogP contribution in [0.25, 0.3) is 0 Å². The van der Waals surface area contributed by atoms with Gasteiger partial charge in [-0.05, 0) is 12.0 Å². The van der Waals surface area contributed by atoms with Crippen molar-refractivity contribution < 1.29 is 19.5 Å². The highest BCUT2D eigenvalue weighted by molar-refractivity contribution is 8.13. The van der Waals surface area contributed by atoms with Crippen molar-refractivity contribution >= 4 is 28.8 Å². The molecule has 0 aliphatic carbocycles. The summed E-state index contributed by atoms with van der Waals surface area (Å²) in [5.74, 6) is -1.49. The first-order valence-corrected chi connectivity index (χ1v) is 7.70. The van der Waals surface area contributed by atoms with Gasteiger partial charge in [0, 0.05) is 12.2 Å². The van der Waals surface area contributed by atoms with E-state index in [4.69, 9.17) is 5.11 Å². The average molecular weight is 309 g/mol. The Balaban J connectivity index is 2.66. The summed E-state index contributed by atoms with van der Waals surface area (Å²) < 4.78 is 0. The summed E-state index contributed by atoms with van der Waals surface area (Å²) in [5, 5.41) is 11.0. The fourth-order valence-corrected chi connectivity index (χ4v) is 2.59. The predicted molar refractivity (Wildman–Crippen MR) is 82.0 cm³/mol. The Hall–Kier alpha value is -1.82. The summed E-state index contributed by atoms with van der Waals surface area (Å²) in [6.07, 6.45) is 0.899. The van der Waals surface area contributed by atoms with E-state index in [0.717, 1.165) is 17.3 Å². The average Bonchev–Trinajstić information content (AvgIpc) is 2.49. The van der Waals surface area contributed by atoms with Gasteiger partial charge in [-0.1, -0.05) is 49.0 Å². The molecule has 5 nitrogen and oxygen atoms in total. The van der Waals surface area contributed by atoms with Gasteiger partial charge in [0.2, 0.25) is 5.91 Å². The highest BCUT2D eigenvalue weighted by Crippen LogP contribution is 2.16. The van der Waals surface area contributed by atoms with Crippen molar-refractivity contribution in [2.45, 2.75) is 19.8 Å². The lowest BCUT2D eigenvalue weighted by atomic mass is 10.0. The largest absolute Gasteiger partial charge is 0.480 e. The molecule has 0 bridgehead atoms. The highest BCUT2D eigenvalue weighted by atomic mass is 32.2. The lowest BCUT2D eigenvalue weighted by molar-refractivity contribution is -0.138. The zero-order chi connectivity index (χ0) is 15.7. The Morgan fingerprint density at radius 1 is 1.24 bits per heavy atom. The number of thioether (sulfide) groups is 1. The number of nitrogens with one attached hydrogen (secondary N) is 1. The number of amides is 1. The summed E-state index contributed by atoms with van der Waals surface area (Å²) in [6.45, 7) is 1.36. The molecule has 0 unspecified atom stereocenters. The van der Waals surface area contributed by atoms with Gasteiger partial charge < -0.3 is 10.4 Å². The molecule has 1 aromatic carbocycles. The normalized spacial score (nSPS) is 11.7. The molecule has 1 amide bonds. The van der Waals surface area contributed by atoms with Gasteiger partial charge in [0.25, 0.3) is 0 Å². The summed E-state index contributed by atoms with van der Waals surface area (Å²) in [5.41, 5.74) is 0.984. The monoisotopic (exact) mass is 309 g/mol. The molecule has 0 aliphatic rings. The van der Waals surface area contributed by atoms with E-state index in [-0.39, 0.29) is 11.0 Å². The van der Waals surface area contributed by atoms with Crippen molar-refractivity contribution in [1.29, 1.82) is 0 Å². The number of benzene rings is 1. The zero-order valence-electron chi connectivity index (χ0n) is 11.9. The number of carbonyl (C=O) groups excluding carboxylic acids is 2. The number of rotatable bonds is 8. The number of hydrogen-bond donors (Lipinski definition) is 2. The van der Waals surface area contributed by atoms with Crippen LogP contribution in [0.5, 0.6) is 0 Å². The molecule has 0 spiro atoms. The number of carbonyl (C=O) groups is 3. The van der Waals surface area contributed by atoms with Crippen LogP contribution in [0.1, 0.15) is 18.9 Å². The topological polar surface area (TPSA) is 83.5 Å². The minimum Gasteiger partial charge on any atom is -0.480 e. The summed E-state index contributed by atoms with van der Waals surface area (Å²) in [6, 6.07) is 9.46. The molecule has 0 fully saturated rings. The molecule has 0 aromatic heterocycles. The standard InChI is InChI=1S/C15H19NO4S/c1-2-14(19)21-10-12(15(20)16-9-13(17)18)8-11-6-4-3-5-7-11/h3-7,12H,2,8-10H2,1H3,(H,16,20)(H,17,18)/t12-/m1/s1. The van der Waals surface area contributed by atoms with E-state index < -0.39 is 18.4 Å². The molecule has 1 aromatic rings. The molecule has 1 atom stereocenters. The third-order valence-electron chi connectivity index (χ3n) is 2.84. The molecular weight excluding hydrogens is 290 g/mol. The maximum Gasteiger partial charge on any atom is 0.322 e. The molecule has 6 heteroatoms. The van der Waals surface area contributed by atoms with Crippen LogP contribution in [0.2, 0.25) is 0 Å². The first-order chi connectivity index (χ1) is 10.0. The first kappa shape index (κ1) is 17.2. The third kappa shape index (κ3) is 6.94. The Kier molecular flexibility index (Phi) is 7.53. The predicted octanol–water partition coefficient (Wildman–Crippen LogP) is 1.72. The number of carboxylic acids is 1. The molecule has 21 heavy (non-hydrogen) atoms. The van der Waals surface area contributed by atoms with Gasteiger partial charge in [-0.2, -0.15) is 0 Å². The fourth-order valence-electron chi connectivity index (χ4n) is 1.73. The van der Waals surface area contributed by atoms with Crippen LogP contribution < -0.4 is 5.32 Å². The van der Waals surface area contributed by atoms with Gasteiger partial charge in [0.15, 0.2) is 5.12 Å².